The molecule has 1 aromatic heterocycles. The molecule has 1 aromatic rings. The Morgan fingerprint density at radius 3 is 2.68 bits per heavy atom. The number of esters is 1. The fraction of sp³-hybridized carbons (Fsp3) is 0.750. The van der Waals surface area contributed by atoms with Gasteiger partial charge in [0.05, 0.1) is 48.6 Å². The quantitative estimate of drug-likeness (QED) is 0.421. The molecule has 2 aliphatic heterocycles. The Morgan fingerprint density at radius 2 is 1.97 bits per heavy atom. The van der Waals surface area contributed by atoms with Crippen molar-refractivity contribution in [3.63, 3.8) is 0 Å². The topological polar surface area (TPSA) is 118 Å². The van der Waals surface area contributed by atoms with Gasteiger partial charge >= 0.3 is 5.97 Å². The molecule has 0 saturated carbocycles. The summed E-state index contributed by atoms with van der Waals surface area (Å²) in [6.07, 6.45) is 2.11. The average Bonchev–Trinajstić information content (AvgIpc) is 3.43. The van der Waals surface area contributed by atoms with Crippen LogP contribution in [0.2, 0.25) is 0 Å². The molecule has 208 valence electrons. The van der Waals surface area contributed by atoms with Gasteiger partial charge in [0.25, 0.3) is 0 Å². The zero-order chi connectivity index (χ0) is 27.3. The number of aromatic nitrogens is 1. The van der Waals surface area contributed by atoms with Crippen molar-refractivity contribution in [2.75, 3.05) is 6.61 Å². The van der Waals surface area contributed by atoms with Gasteiger partial charge in [-0.3, -0.25) is 9.59 Å². The highest BCUT2D eigenvalue weighted by Crippen LogP contribution is 2.36. The highest BCUT2D eigenvalue weighted by molar-refractivity contribution is 7.09. The highest BCUT2D eigenvalue weighted by atomic mass is 32.1. The van der Waals surface area contributed by atoms with E-state index in [0.29, 0.717) is 19.6 Å². The van der Waals surface area contributed by atoms with Crippen molar-refractivity contribution in [2.45, 2.75) is 111 Å². The van der Waals surface area contributed by atoms with E-state index in [4.69, 9.17) is 14.2 Å². The number of aliphatic hydroxyl groups is 2. The Hall–Kier alpha value is -1.65. The van der Waals surface area contributed by atoms with Gasteiger partial charge in [-0.05, 0) is 44.3 Å². The van der Waals surface area contributed by atoms with Crippen LogP contribution >= 0.6 is 11.3 Å². The third-order valence-corrected chi connectivity index (χ3v) is 8.62. The number of Topliss-reactive ketones (excluding diaryl/α,β-unsaturated/α-hetero) is 1. The lowest BCUT2D eigenvalue weighted by Gasteiger charge is -2.34. The first kappa shape index (κ1) is 29.9. The largest absolute Gasteiger partial charge is 0.458 e. The number of epoxide rings is 1. The second-order valence-corrected chi connectivity index (χ2v) is 12.1. The third-order valence-electron chi connectivity index (χ3n) is 7.78. The lowest BCUT2D eigenvalue weighted by Crippen LogP contribution is -2.45. The van der Waals surface area contributed by atoms with Crippen LogP contribution in [0.1, 0.15) is 84.3 Å². The standard InChI is InChI=1S/C28H43NO7S/c1-7-34-14-24-29-19(15-37-24)11-17(3)21-12-22-20(35-22)10-8-9-16(2)26(32)18(4)27(33)28(5,6)23(30)13-25(31)36-21/h11,15-16,18,20-23,26,30,32H,7-10,12-14H2,1-6H3/t16-,18+,20+,21-,22-,23-,26-/m0/s1. The van der Waals surface area contributed by atoms with Crippen molar-refractivity contribution in [3.05, 3.63) is 21.7 Å². The van der Waals surface area contributed by atoms with Crippen LogP contribution < -0.4 is 0 Å². The molecule has 0 amide bonds. The molecule has 8 nitrogen and oxygen atoms in total. The lowest BCUT2D eigenvalue weighted by atomic mass is 9.73. The number of ether oxygens (including phenoxy) is 3. The summed E-state index contributed by atoms with van der Waals surface area (Å²) in [6, 6.07) is 0. The molecule has 3 heterocycles. The number of thiazole rings is 1. The molecule has 0 spiro atoms. The minimum atomic E-state index is -1.24. The number of fused-ring (bicyclic) bond motifs is 1. The van der Waals surface area contributed by atoms with Crippen LogP contribution in [0.5, 0.6) is 0 Å². The molecule has 2 N–H and O–H groups in total. The fourth-order valence-electron chi connectivity index (χ4n) is 4.98. The Labute approximate surface area is 224 Å². The van der Waals surface area contributed by atoms with Gasteiger partial charge in [0.2, 0.25) is 0 Å². The van der Waals surface area contributed by atoms with Gasteiger partial charge in [-0.15, -0.1) is 11.3 Å². The summed E-state index contributed by atoms with van der Waals surface area (Å²) in [5.41, 5.74) is 0.410. The Balaban J connectivity index is 1.79. The average molecular weight is 538 g/mol. The maximum absolute atomic E-state index is 13.2. The minimum Gasteiger partial charge on any atom is -0.458 e. The van der Waals surface area contributed by atoms with E-state index < -0.39 is 35.6 Å². The van der Waals surface area contributed by atoms with E-state index in [0.717, 1.165) is 35.5 Å². The van der Waals surface area contributed by atoms with Crippen LogP contribution in [0.3, 0.4) is 0 Å². The second-order valence-electron chi connectivity index (χ2n) is 11.1. The summed E-state index contributed by atoms with van der Waals surface area (Å²) in [5.74, 6) is -1.56. The zero-order valence-corrected chi connectivity index (χ0v) is 23.8. The number of carbonyl (C=O) groups is 2. The molecule has 37 heavy (non-hydrogen) atoms. The predicted molar refractivity (Wildman–Crippen MR) is 142 cm³/mol. The number of rotatable bonds is 5. The molecule has 7 atom stereocenters. The first-order chi connectivity index (χ1) is 17.4. The molecule has 3 rings (SSSR count). The first-order valence-electron chi connectivity index (χ1n) is 13.4. The summed E-state index contributed by atoms with van der Waals surface area (Å²) in [7, 11) is 0. The summed E-state index contributed by atoms with van der Waals surface area (Å²) >= 11 is 1.52. The van der Waals surface area contributed by atoms with E-state index in [1.165, 1.54) is 11.3 Å². The fourth-order valence-corrected chi connectivity index (χ4v) is 5.67. The molecular weight excluding hydrogens is 494 g/mol. The van der Waals surface area contributed by atoms with Crippen molar-refractivity contribution < 1.29 is 34.0 Å². The second kappa shape index (κ2) is 12.9. The zero-order valence-electron chi connectivity index (χ0n) is 22.9. The predicted octanol–water partition coefficient (Wildman–Crippen LogP) is 4.32. The number of hydrogen-bond donors (Lipinski definition) is 2. The summed E-state index contributed by atoms with van der Waals surface area (Å²) in [4.78, 5) is 30.7. The van der Waals surface area contributed by atoms with Gasteiger partial charge in [0.1, 0.15) is 16.9 Å². The van der Waals surface area contributed by atoms with E-state index >= 15 is 0 Å². The summed E-state index contributed by atoms with van der Waals surface area (Å²) in [6.45, 7) is 11.8. The van der Waals surface area contributed by atoms with Gasteiger partial charge in [-0.25, -0.2) is 4.98 Å². The normalized spacial score (nSPS) is 34.1. The SMILES string of the molecule is CCOCc1nc(C=C(C)[C@@H]2C[C@@H]3O[C@@H]3CCC[C@H](C)[C@H](O)[C@@H](C)C(=O)C(C)(C)[C@@H](O)CC(=O)O2)cs1. The van der Waals surface area contributed by atoms with Crippen molar-refractivity contribution >= 4 is 29.2 Å². The highest BCUT2D eigenvalue weighted by Gasteiger charge is 2.44. The molecule has 0 aliphatic carbocycles. The minimum absolute atomic E-state index is 0.0138. The van der Waals surface area contributed by atoms with Gasteiger partial charge in [0.15, 0.2) is 0 Å². The van der Waals surface area contributed by atoms with E-state index in [-0.39, 0.29) is 30.3 Å². The number of carbonyl (C=O) groups excluding carboxylic acids is 2. The van der Waals surface area contributed by atoms with Crippen LogP contribution in [0.25, 0.3) is 6.08 Å². The molecule has 0 aromatic carbocycles. The van der Waals surface area contributed by atoms with Crippen LogP contribution in [-0.4, -0.2) is 64.1 Å². The molecule has 0 bridgehead atoms. The smallest absolute Gasteiger partial charge is 0.309 e. The molecule has 0 radical (unpaired) electrons. The van der Waals surface area contributed by atoms with Crippen molar-refractivity contribution in [2.24, 2.45) is 17.3 Å². The maximum Gasteiger partial charge on any atom is 0.309 e. The maximum atomic E-state index is 13.2. The lowest BCUT2D eigenvalue weighted by molar-refractivity contribution is -0.154. The Bertz CT molecular complexity index is 958. The monoisotopic (exact) mass is 537 g/mol. The summed E-state index contributed by atoms with van der Waals surface area (Å²) < 4.78 is 17.2. The van der Waals surface area contributed by atoms with Gasteiger partial charge in [0, 0.05) is 24.3 Å². The van der Waals surface area contributed by atoms with E-state index in [2.05, 4.69) is 4.98 Å². The molecule has 2 saturated heterocycles. The van der Waals surface area contributed by atoms with Crippen molar-refractivity contribution in [1.82, 2.24) is 4.98 Å². The van der Waals surface area contributed by atoms with Gasteiger partial charge < -0.3 is 24.4 Å². The summed E-state index contributed by atoms with van der Waals surface area (Å²) in [5, 5.41) is 24.5. The molecule has 2 aliphatic rings. The third kappa shape index (κ3) is 7.93. The van der Waals surface area contributed by atoms with Crippen LogP contribution in [0.15, 0.2) is 11.0 Å². The van der Waals surface area contributed by atoms with E-state index in [1.54, 1.807) is 20.8 Å². The van der Waals surface area contributed by atoms with Gasteiger partial charge in [-0.2, -0.15) is 0 Å². The number of cyclic esters (lactones) is 1. The number of aliphatic hydroxyl groups excluding tert-OH is 2. The van der Waals surface area contributed by atoms with E-state index in [9.17, 15) is 19.8 Å². The van der Waals surface area contributed by atoms with E-state index in [1.807, 2.05) is 32.2 Å². The number of hydrogen-bond acceptors (Lipinski definition) is 9. The van der Waals surface area contributed by atoms with Crippen LogP contribution in [0.4, 0.5) is 0 Å². The van der Waals surface area contributed by atoms with Crippen molar-refractivity contribution in [3.8, 4) is 0 Å². The Kier molecular flexibility index (Phi) is 10.5. The number of ketones is 1. The van der Waals surface area contributed by atoms with Crippen LogP contribution in [0, 0.1) is 17.3 Å². The number of nitrogens with zero attached hydrogens (tertiary/aromatic N) is 1. The molecule has 0 unspecified atom stereocenters. The van der Waals surface area contributed by atoms with Crippen LogP contribution in [-0.2, 0) is 30.4 Å². The molecule has 9 heteroatoms. The molecule has 2 fully saturated rings. The first-order valence-corrected chi connectivity index (χ1v) is 14.3. The molecular formula is C28H43NO7S. The Morgan fingerprint density at radius 1 is 1.24 bits per heavy atom. The van der Waals surface area contributed by atoms with Gasteiger partial charge in [-0.1, -0.05) is 34.1 Å². The van der Waals surface area contributed by atoms with Crippen molar-refractivity contribution in [1.29, 1.82) is 0 Å².